The van der Waals surface area contributed by atoms with Crippen molar-refractivity contribution in [2.24, 2.45) is 0 Å². The number of carbonyl (C=O) groups is 1. The number of amides is 1. The first-order valence-electron chi connectivity index (χ1n) is 5.46. The third kappa shape index (κ3) is 3.32. The smallest absolute Gasteiger partial charge is 0.255 e. The van der Waals surface area contributed by atoms with Gasteiger partial charge in [0, 0.05) is 26.9 Å². The highest BCUT2D eigenvalue weighted by Crippen LogP contribution is 2.25. The molecule has 0 atom stereocenters. The molecule has 0 bridgehead atoms. The molecule has 0 N–H and O–H groups in total. The summed E-state index contributed by atoms with van der Waals surface area (Å²) < 4.78 is 1.78. The van der Waals surface area contributed by atoms with Crippen LogP contribution in [-0.2, 0) is 0 Å². The number of alkyl halides is 1. The zero-order chi connectivity index (χ0) is 12.4. The van der Waals surface area contributed by atoms with Crippen LogP contribution in [0.15, 0.2) is 27.1 Å². The van der Waals surface area contributed by atoms with Crippen molar-refractivity contribution in [2.45, 2.75) is 17.7 Å². The van der Waals surface area contributed by atoms with Crippen LogP contribution in [0.2, 0.25) is 0 Å². The van der Waals surface area contributed by atoms with Crippen LogP contribution in [0, 0.1) is 0 Å². The van der Waals surface area contributed by atoms with Crippen LogP contribution >= 0.6 is 47.8 Å². The van der Waals surface area contributed by atoms with Crippen LogP contribution in [0.1, 0.15) is 23.2 Å². The second-order valence-corrected chi connectivity index (χ2v) is 7.16. The van der Waals surface area contributed by atoms with Gasteiger partial charge in [-0.2, -0.15) is 0 Å². The summed E-state index contributed by atoms with van der Waals surface area (Å²) >= 11 is 10.4. The standard InChI is InChI=1S/C12H12Br3NO/c13-8-3-5-16(6-4-8)12(17)10-7-9(14)1-2-11(10)15/h1-2,7-8H,3-6H2. The molecular formula is C12H12Br3NO. The lowest BCUT2D eigenvalue weighted by Gasteiger charge is -2.29. The fourth-order valence-electron chi connectivity index (χ4n) is 1.88. The predicted molar refractivity (Wildman–Crippen MR) is 79.7 cm³/mol. The van der Waals surface area contributed by atoms with E-state index in [1.54, 1.807) is 0 Å². The molecule has 1 amide bonds. The minimum absolute atomic E-state index is 0.109. The van der Waals surface area contributed by atoms with Gasteiger partial charge >= 0.3 is 0 Å². The third-order valence-electron chi connectivity index (χ3n) is 2.87. The fraction of sp³-hybridized carbons (Fsp3) is 0.417. The Hall–Kier alpha value is 0.130. The van der Waals surface area contributed by atoms with E-state index in [2.05, 4.69) is 47.8 Å². The molecule has 0 radical (unpaired) electrons. The van der Waals surface area contributed by atoms with Gasteiger partial charge in [0.1, 0.15) is 0 Å². The van der Waals surface area contributed by atoms with Crippen LogP contribution in [0.25, 0.3) is 0 Å². The summed E-state index contributed by atoms with van der Waals surface area (Å²) in [5.74, 6) is 0.109. The van der Waals surface area contributed by atoms with Gasteiger partial charge in [0.2, 0.25) is 0 Å². The normalized spacial score (nSPS) is 17.2. The summed E-state index contributed by atoms with van der Waals surface area (Å²) in [5.41, 5.74) is 0.729. The lowest BCUT2D eigenvalue weighted by molar-refractivity contribution is 0.0727. The molecule has 1 saturated heterocycles. The third-order valence-corrected chi connectivity index (χ3v) is 4.97. The molecule has 2 rings (SSSR count). The van der Waals surface area contributed by atoms with Crippen molar-refractivity contribution in [3.8, 4) is 0 Å². The maximum Gasteiger partial charge on any atom is 0.255 e. The first-order valence-corrected chi connectivity index (χ1v) is 7.96. The summed E-state index contributed by atoms with van der Waals surface area (Å²) in [4.78, 5) is 14.8. The topological polar surface area (TPSA) is 20.3 Å². The lowest BCUT2D eigenvalue weighted by atomic mass is 10.1. The SMILES string of the molecule is O=C(c1cc(Br)ccc1Br)N1CCC(Br)CC1. The van der Waals surface area contributed by atoms with Gasteiger partial charge in [0.05, 0.1) is 5.56 Å². The molecule has 1 aromatic carbocycles. The van der Waals surface area contributed by atoms with E-state index in [0.29, 0.717) is 4.83 Å². The van der Waals surface area contributed by atoms with Crippen molar-refractivity contribution in [2.75, 3.05) is 13.1 Å². The molecule has 1 fully saturated rings. The first kappa shape index (κ1) is 13.6. The van der Waals surface area contributed by atoms with E-state index >= 15 is 0 Å². The number of nitrogens with zero attached hydrogens (tertiary/aromatic N) is 1. The number of piperidine rings is 1. The van der Waals surface area contributed by atoms with Crippen LogP contribution in [0.5, 0.6) is 0 Å². The van der Waals surface area contributed by atoms with Crippen molar-refractivity contribution in [1.82, 2.24) is 4.90 Å². The molecule has 5 heteroatoms. The second kappa shape index (κ2) is 5.85. The van der Waals surface area contributed by atoms with Gasteiger partial charge in [-0.25, -0.2) is 0 Å². The molecule has 1 heterocycles. The molecule has 0 unspecified atom stereocenters. The Kier molecular flexibility index (Phi) is 4.66. The quantitative estimate of drug-likeness (QED) is 0.617. The van der Waals surface area contributed by atoms with E-state index in [1.807, 2.05) is 23.1 Å². The largest absolute Gasteiger partial charge is 0.339 e. The number of rotatable bonds is 1. The number of benzene rings is 1. The molecule has 17 heavy (non-hydrogen) atoms. The lowest BCUT2D eigenvalue weighted by Crippen LogP contribution is -2.38. The minimum atomic E-state index is 0.109. The van der Waals surface area contributed by atoms with E-state index < -0.39 is 0 Å². The maximum atomic E-state index is 12.3. The van der Waals surface area contributed by atoms with Gasteiger partial charge in [-0.05, 0) is 47.0 Å². The average molecular weight is 426 g/mol. The van der Waals surface area contributed by atoms with Gasteiger partial charge < -0.3 is 4.90 Å². The Balaban J connectivity index is 2.16. The van der Waals surface area contributed by atoms with Gasteiger partial charge in [0.15, 0.2) is 0 Å². The summed E-state index contributed by atoms with van der Waals surface area (Å²) in [6.45, 7) is 1.65. The van der Waals surface area contributed by atoms with Gasteiger partial charge in [-0.1, -0.05) is 31.9 Å². The summed E-state index contributed by atoms with van der Waals surface area (Å²) in [7, 11) is 0. The second-order valence-electron chi connectivity index (χ2n) is 4.09. The monoisotopic (exact) mass is 423 g/mol. The number of likely N-dealkylation sites (tertiary alicyclic amines) is 1. The number of hydrogen-bond acceptors (Lipinski definition) is 1. The van der Waals surface area contributed by atoms with Gasteiger partial charge in [-0.15, -0.1) is 0 Å². The molecule has 2 nitrogen and oxygen atoms in total. The summed E-state index contributed by atoms with van der Waals surface area (Å²) in [5, 5.41) is 0. The Bertz CT molecular complexity index is 428. The molecule has 92 valence electrons. The van der Waals surface area contributed by atoms with Crippen molar-refractivity contribution in [3.05, 3.63) is 32.7 Å². The molecule has 1 aliphatic heterocycles. The van der Waals surface area contributed by atoms with Crippen LogP contribution in [0.3, 0.4) is 0 Å². The van der Waals surface area contributed by atoms with Crippen molar-refractivity contribution < 1.29 is 4.79 Å². The van der Waals surface area contributed by atoms with E-state index in [1.165, 1.54) is 0 Å². The van der Waals surface area contributed by atoms with E-state index in [9.17, 15) is 4.79 Å². The summed E-state index contributed by atoms with van der Waals surface area (Å²) in [6, 6.07) is 5.69. The Morgan fingerprint density at radius 2 is 1.88 bits per heavy atom. The van der Waals surface area contributed by atoms with E-state index in [0.717, 1.165) is 40.4 Å². The van der Waals surface area contributed by atoms with Crippen LogP contribution in [-0.4, -0.2) is 28.7 Å². The molecular weight excluding hydrogens is 414 g/mol. The number of halogens is 3. The molecule has 1 aromatic rings. The van der Waals surface area contributed by atoms with Gasteiger partial charge in [0.25, 0.3) is 5.91 Å². The molecule has 0 aromatic heterocycles. The zero-order valence-electron chi connectivity index (χ0n) is 9.13. The maximum absolute atomic E-state index is 12.3. The van der Waals surface area contributed by atoms with Crippen molar-refractivity contribution in [1.29, 1.82) is 0 Å². The van der Waals surface area contributed by atoms with Crippen LogP contribution < -0.4 is 0 Å². The van der Waals surface area contributed by atoms with Crippen molar-refractivity contribution >= 4 is 53.7 Å². The zero-order valence-corrected chi connectivity index (χ0v) is 13.9. The van der Waals surface area contributed by atoms with Crippen LogP contribution in [0.4, 0.5) is 0 Å². The first-order chi connectivity index (χ1) is 8.08. The Morgan fingerprint density at radius 1 is 1.24 bits per heavy atom. The average Bonchev–Trinajstić information content (AvgIpc) is 2.32. The molecule has 0 saturated carbocycles. The van der Waals surface area contributed by atoms with E-state index in [-0.39, 0.29) is 5.91 Å². The number of hydrogen-bond donors (Lipinski definition) is 0. The Labute approximate surface area is 126 Å². The number of carbonyl (C=O) groups excluding carboxylic acids is 1. The highest BCUT2D eigenvalue weighted by molar-refractivity contribution is 9.11. The molecule has 0 spiro atoms. The van der Waals surface area contributed by atoms with Crippen molar-refractivity contribution in [3.63, 3.8) is 0 Å². The fourth-order valence-corrected chi connectivity index (χ4v) is 3.07. The predicted octanol–water partition coefficient (Wildman–Crippen LogP) is 4.21. The van der Waals surface area contributed by atoms with Gasteiger partial charge in [-0.3, -0.25) is 4.79 Å². The highest BCUT2D eigenvalue weighted by atomic mass is 79.9. The summed E-state index contributed by atoms with van der Waals surface area (Å²) in [6.07, 6.45) is 2.05. The van der Waals surface area contributed by atoms with E-state index in [4.69, 9.17) is 0 Å². The minimum Gasteiger partial charge on any atom is -0.339 e. The Morgan fingerprint density at radius 3 is 2.53 bits per heavy atom. The molecule has 1 aliphatic rings. The molecule has 0 aliphatic carbocycles. The highest BCUT2D eigenvalue weighted by Gasteiger charge is 2.23.